The lowest BCUT2D eigenvalue weighted by molar-refractivity contribution is -0.142. The van der Waals surface area contributed by atoms with Gasteiger partial charge in [0.25, 0.3) is 0 Å². The van der Waals surface area contributed by atoms with E-state index in [1.807, 2.05) is 20.8 Å². The maximum absolute atomic E-state index is 10.5. The molecule has 78 valence electrons. The predicted octanol–water partition coefficient (Wildman–Crippen LogP) is 3.48. The Morgan fingerprint density at radius 2 is 1.69 bits per heavy atom. The zero-order valence-electron chi connectivity index (χ0n) is 9.05. The molecular formula is C11H22O2. The zero-order valence-corrected chi connectivity index (χ0v) is 9.05. The molecule has 0 aromatic heterocycles. The normalized spacial score (nSPS) is 8.92. The minimum absolute atomic E-state index is 0.102. The van der Waals surface area contributed by atoms with Gasteiger partial charge in [-0.15, -0.1) is 6.58 Å². The number of carbonyl (C=O) groups is 1. The lowest BCUT2D eigenvalue weighted by Crippen LogP contribution is -2.12. The van der Waals surface area contributed by atoms with Crippen LogP contribution in [0.4, 0.5) is 0 Å². The number of hydrogen-bond donors (Lipinski definition) is 1. The fraction of sp³-hybridized carbons (Fsp3) is 0.727. The van der Waals surface area contributed by atoms with Crippen molar-refractivity contribution in [3.8, 4) is 0 Å². The Morgan fingerprint density at radius 1 is 1.38 bits per heavy atom. The Labute approximate surface area is 81.7 Å². The molecule has 0 saturated carbocycles. The Hall–Kier alpha value is -0.790. The smallest absolute Gasteiger partial charge is 0.306 e. The van der Waals surface area contributed by atoms with Crippen LogP contribution in [0.15, 0.2) is 12.7 Å². The first-order chi connectivity index (χ1) is 6.13. The molecule has 0 radical (unpaired) electrons. The number of allylic oxidation sites excluding steroid dienone is 1. The number of carboxylic acid groups (broad SMARTS) is 1. The van der Waals surface area contributed by atoms with E-state index >= 15 is 0 Å². The molecule has 0 bridgehead atoms. The molecule has 0 unspecified atom stereocenters. The second-order valence-corrected chi connectivity index (χ2v) is 3.02. The molecule has 0 spiro atoms. The topological polar surface area (TPSA) is 37.3 Å². The van der Waals surface area contributed by atoms with E-state index in [0.29, 0.717) is 0 Å². The molecule has 2 nitrogen and oxygen atoms in total. The van der Waals surface area contributed by atoms with Crippen molar-refractivity contribution in [3.05, 3.63) is 12.7 Å². The summed E-state index contributed by atoms with van der Waals surface area (Å²) in [6.07, 6.45) is 5.33. The van der Waals surface area contributed by atoms with Crippen molar-refractivity contribution in [1.82, 2.24) is 0 Å². The highest BCUT2D eigenvalue weighted by atomic mass is 16.4. The molecular weight excluding hydrogens is 164 g/mol. The van der Waals surface area contributed by atoms with Gasteiger partial charge in [-0.2, -0.15) is 0 Å². The van der Waals surface area contributed by atoms with Gasteiger partial charge in [0.2, 0.25) is 0 Å². The maximum atomic E-state index is 10.5. The summed E-state index contributed by atoms with van der Waals surface area (Å²) in [4.78, 5) is 10.5. The van der Waals surface area contributed by atoms with E-state index in [-0.39, 0.29) is 5.92 Å². The van der Waals surface area contributed by atoms with E-state index in [4.69, 9.17) is 5.11 Å². The highest BCUT2D eigenvalue weighted by Gasteiger charge is 2.13. The summed E-state index contributed by atoms with van der Waals surface area (Å²) in [6.45, 7) is 9.29. The van der Waals surface area contributed by atoms with E-state index in [1.54, 1.807) is 6.08 Å². The van der Waals surface area contributed by atoms with Crippen molar-refractivity contribution in [2.75, 3.05) is 0 Å². The first-order valence-electron chi connectivity index (χ1n) is 4.93. The molecule has 0 rings (SSSR count). The highest BCUT2D eigenvalue weighted by molar-refractivity contribution is 5.69. The summed E-state index contributed by atoms with van der Waals surface area (Å²) in [5, 5.41) is 8.64. The van der Waals surface area contributed by atoms with Crippen molar-refractivity contribution in [1.29, 1.82) is 0 Å². The van der Waals surface area contributed by atoms with E-state index in [2.05, 4.69) is 6.58 Å². The van der Waals surface area contributed by atoms with Crippen LogP contribution in [0.1, 0.15) is 46.5 Å². The molecule has 0 aliphatic carbocycles. The molecule has 2 heteroatoms. The molecule has 0 aliphatic heterocycles. The fourth-order valence-electron chi connectivity index (χ4n) is 1.09. The molecule has 0 heterocycles. The van der Waals surface area contributed by atoms with Gasteiger partial charge in [-0.3, -0.25) is 4.79 Å². The summed E-state index contributed by atoms with van der Waals surface area (Å²) in [7, 11) is 0. The van der Waals surface area contributed by atoms with Crippen molar-refractivity contribution < 1.29 is 9.90 Å². The third-order valence-corrected chi connectivity index (χ3v) is 1.62. The molecule has 13 heavy (non-hydrogen) atoms. The van der Waals surface area contributed by atoms with E-state index in [1.165, 1.54) is 0 Å². The lowest BCUT2D eigenvalue weighted by Gasteiger charge is -2.07. The van der Waals surface area contributed by atoms with Crippen LogP contribution in [0.2, 0.25) is 0 Å². The van der Waals surface area contributed by atoms with Gasteiger partial charge in [0, 0.05) is 0 Å². The number of rotatable bonds is 5. The Bertz CT molecular complexity index is 124. The van der Waals surface area contributed by atoms with Gasteiger partial charge in [0.1, 0.15) is 0 Å². The van der Waals surface area contributed by atoms with Crippen LogP contribution >= 0.6 is 0 Å². The summed E-state index contributed by atoms with van der Waals surface area (Å²) < 4.78 is 0. The van der Waals surface area contributed by atoms with Gasteiger partial charge in [0.15, 0.2) is 0 Å². The molecule has 0 amide bonds. The Kier molecular flexibility index (Phi) is 12.7. The predicted molar refractivity (Wildman–Crippen MR) is 56.8 cm³/mol. The number of aliphatic carboxylic acids is 1. The third-order valence-electron chi connectivity index (χ3n) is 1.62. The monoisotopic (exact) mass is 186 g/mol. The number of hydrogen-bond acceptors (Lipinski definition) is 1. The van der Waals surface area contributed by atoms with Crippen molar-refractivity contribution >= 4 is 5.97 Å². The SMILES string of the molecule is C=CC.CCCC(CCC)C(=O)O. The minimum atomic E-state index is -0.635. The second-order valence-electron chi connectivity index (χ2n) is 3.02. The standard InChI is InChI=1S/C8H16O2.C3H6/c1-3-5-7(6-4-2)8(9)10;1-3-2/h7H,3-6H2,1-2H3,(H,9,10);3H,1H2,2H3. The zero-order chi connectivity index (χ0) is 10.7. The van der Waals surface area contributed by atoms with Gasteiger partial charge in [-0.05, 0) is 19.8 Å². The maximum Gasteiger partial charge on any atom is 0.306 e. The van der Waals surface area contributed by atoms with Crippen LogP contribution in [0.3, 0.4) is 0 Å². The minimum Gasteiger partial charge on any atom is -0.481 e. The van der Waals surface area contributed by atoms with Crippen LogP contribution in [-0.4, -0.2) is 11.1 Å². The summed E-state index contributed by atoms with van der Waals surface area (Å²) in [6, 6.07) is 0. The van der Waals surface area contributed by atoms with Gasteiger partial charge >= 0.3 is 5.97 Å². The summed E-state index contributed by atoms with van der Waals surface area (Å²) >= 11 is 0. The van der Waals surface area contributed by atoms with Crippen molar-refractivity contribution in [2.24, 2.45) is 5.92 Å². The van der Waals surface area contributed by atoms with Crippen molar-refractivity contribution in [2.45, 2.75) is 46.5 Å². The van der Waals surface area contributed by atoms with Crippen LogP contribution in [0.5, 0.6) is 0 Å². The molecule has 0 saturated heterocycles. The van der Waals surface area contributed by atoms with Crippen LogP contribution in [-0.2, 0) is 4.79 Å². The summed E-state index contributed by atoms with van der Waals surface area (Å²) in [5.41, 5.74) is 0. The van der Waals surface area contributed by atoms with Gasteiger partial charge in [0.05, 0.1) is 5.92 Å². The quantitative estimate of drug-likeness (QED) is 0.667. The lowest BCUT2D eigenvalue weighted by atomic mass is 9.99. The first-order valence-corrected chi connectivity index (χ1v) is 4.93. The third kappa shape index (κ3) is 11.2. The Balaban J connectivity index is 0. The van der Waals surface area contributed by atoms with E-state index < -0.39 is 5.97 Å². The molecule has 0 aliphatic rings. The fourth-order valence-corrected chi connectivity index (χ4v) is 1.09. The van der Waals surface area contributed by atoms with Gasteiger partial charge in [-0.1, -0.05) is 32.8 Å². The van der Waals surface area contributed by atoms with Gasteiger partial charge < -0.3 is 5.11 Å². The van der Waals surface area contributed by atoms with E-state index in [0.717, 1.165) is 25.7 Å². The van der Waals surface area contributed by atoms with Crippen LogP contribution in [0, 0.1) is 5.92 Å². The van der Waals surface area contributed by atoms with Crippen molar-refractivity contribution in [3.63, 3.8) is 0 Å². The average Bonchev–Trinajstić information content (AvgIpc) is 2.05. The highest BCUT2D eigenvalue weighted by Crippen LogP contribution is 2.12. The largest absolute Gasteiger partial charge is 0.481 e. The average molecular weight is 186 g/mol. The molecule has 0 aromatic rings. The van der Waals surface area contributed by atoms with Gasteiger partial charge in [-0.25, -0.2) is 0 Å². The Morgan fingerprint density at radius 3 is 1.85 bits per heavy atom. The first kappa shape index (κ1) is 14.7. The second kappa shape index (κ2) is 11.2. The molecule has 0 atom stereocenters. The molecule has 0 aromatic carbocycles. The molecule has 0 fully saturated rings. The summed E-state index contributed by atoms with van der Waals surface area (Å²) in [5.74, 6) is -0.737. The van der Waals surface area contributed by atoms with Crippen LogP contribution in [0.25, 0.3) is 0 Å². The van der Waals surface area contributed by atoms with E-state index in [9.17, 15) is 4.79 Å². The number of carboxylic acids is 1. The molecule has 1 N–H and O–H groups in total. The van der Waals surface area contributed by atoms with Crippen LogP contribution < -0.4 is 0 Å².